The number of hydrogen-bond acceptors (Lipinski definition) is 2. The minimum atomic E-state index is 1.19. The molecule has 0 amide bonds. The minimum Gasteiger partial charge on any atom is -0.265 e. The summed E-state index contributed by atoms with van der Waals surface area (Å²) in [5.41, 5.74) is 4.79. The average molecular weight is 282 g/mol. The van der Waals surface area contributed by atoms with E-state index in [2.05, 4.69) is 46.4 Å². The fourth-order valence-corrected chi connectivity index (χ4v) is 2.69. The van der Waals surface area contributed by atoms with E-state index in [-0.39, 0.29) is 0 Å². The van der Waals surface area contributed by atoms with E-state index in [9.17, 15) is 0 Å². The predicted octanol–water partition coefficient (Wildman–Crippen LogP) is 4.96. The van der Waals surface area contributed by atoms with Crippen molar-refractivity contribution in [2.45, 2.75) is 0 Å². The molecule has 4 aromatic rings. The molecule has 104 valence electrons. The van der Waals surface area contributed by atoms with Gasteiger partial charge in [-0.25, -0.2) is 0 Å². The van der Waals surface area contributed by atoms with Crippen molar-refractivity contribution in [2.75, 3.05) is 0 Å². The quantitative estimate of drug-likeness (QED) is 0.519. The van der Waals surface area contributed by atoms with Gasteiger partial charge in [0, 0.05) is 24.8 Å². The third kappa shape index (κ3) is 2.35. The van der Waals surface area contributed by atoms with Crippen molar-refractivity contribution >= 4 is 10.8 Å². The van der Waals surface area contributed by atoms with Crippen LogP contribution in [-0.2, 0) is 0 Å². The lowest BCUT2D eigenvalue weighted by Crippen LogP contribution is -1.82. The topological polar surface area (TPSA) is 25.8 Å². The van der Waals surface area contributed by atoms with E-state index >= 15 is 0 Å². The van der Waals surface area contributed by atoms with Crippen LogP contribution in [-0.4, -0.2) is 9.97 Å². The summed E-state index contributed by atoms with van der Waals surface area (Å²) in [4.78, 5) is 8.16. The van der Waals surface area contributed by atoms with Gasteiger partial charge < -0.3 is 0 Å². The lowest BCUT2D eigenvalue weighted by Gasteiger charge is -2.07. The van der Waals surface area contributed by atoms with Gasteiger partial charge in [0.15, 0.2) is 0 Å². The lowest BCUT2D eigenvalue weighted by atomic mass is 9.98. The molecule has 0 spiro atoms. The highest BCUT2D eigenvalue weighted by molar-refractivity contribution is 5.90. The van der Waals surface area contributed by atoms with Gasteiger partial charge in [0.25, 0.3) is 0 Å². The van der Waals surface area contributed by atoms with Crippen LogP contribution < -0.4 is 0 Å². The molecule has 0 radical (unpaired) electrons. The molecule has 2 aromatic heterocycles. The number of fused-ring (bicyclic) bond motifs is 1. The Balaban J connectivity index is 1.85. The second-order valence-corrected chi connectivity index (χ2v) is 5.25. The molecule has 0 unspecified atom stereocenters. The van der Waals surface area contributed by atoms with Crippen LogP contribution in [0, 0.1) is 0 Å². The molecule has 2 heteroatoms. The van der Waals surface area contributed by atoms with Crippen LogP contribution >= 0.6 is 0 Å². The van der Waals surface area contributed by atoms with E-state index in [0.717, 1.165) is 0 Å². The zero-order valence-corrected chi connectivity index (χ0v) is 12.0. The fourth-order valence-electron chi connectivity index (χ4n) is 2.69. The van der Waals surface area contributed by atoms with Crippen molar-refractivity contribution in [3.63, 3.8) is 0 Å². The van der Waals surface area contributed by atoms with Gasteiger partial charge in [-0.2, -0.15) is 0 Å². The summed E-state index contributed by atoms with van der Waals surface area (Å²) < 4.78 is 0. The lowest BCUT2D eigenvalue weighted by molar-refractivity contribution is 1.33. The van der Waals surface area contributed by atoms with Crippen LogP contribution in [0.3, 0.4) is 0 Å². The molecule has 2 heterocycles. The first kappa shape index (κ1) is 12.7. The molecular formula is C20H14N2. The highest BCUT2D eigenvalue weighted by Gasteiger charge is 2.02. The molecule has 0 atom stereocenters. The average Bonchev–Trinajstić information content (AvgIpc) is 2.62. The summed E-state index contributed by atoms with van der Waals surface area (Å²) in [7, 11) is 0. The molecule has 0 N–H and O–H groups in total. The van der Waals surface area contributed by atoms with E-state index in [0.29, 0.717) is 0 Å². The van der Waals surface area contributed by atoms with E-state index < -0.39 is 0 Å². The number of rotatable bonds is 2. The smallest absolute Gasteiger partial charge is 0.0273 e. The largest absolute Gasteiger partial charge is 0.265 e. The van der Waals surface area contributed by atoms with Gasteiger partial charge >= 0.3 is 0 Å². The molecule has 2 aromatic carbocycles. The molecule has 0 bridgehead atoms. The number of hydrogen-bond donors (Lipinski definition) is 0. The number of benzene rings is 2. The Morgan fingerprint density at radius 3 is 1.32 bits per heavy atom. The number of aromatic nitrogens is 2. The number of pyridine rings is 2. The summed E-state index contributed by atoms with van der Waals surface area (Å²) in [5.74, 6) is 0. The predicted molar refractivity (Wildman–Crippen MR) is 90.4 cm³/mol. The second-order valence-electron chi connectivity index (χ2n) is 5.25. The summed E-state index contributed by atoms with van der Waals surface area (Å²) in [6.45, 7) is 0. The maximum atomic E-state index is 4.08. The van der Waals surface area contributed by atoms with Gasteiger partial charge in [0.2, 0.25) is 0 Å². The molecular weight excluding hydrogens is 268 g/mol. The highest BCUT2D eigenvalue weighted by atomic mass is 14.6. The maximum Gasteiger partial charge on any atom is 0.0273 e. The first-order chi connectivity index (χ1) is 10.9. The fraction of sp³-hybridized carbons (Fsp3) is 0. The monoisotopic (exact) mass is 282 g/mol. The Bertz CT molecular complexity index is 842. The van der Waals surface area contributed by atoms with Crippen molar-refractivity contribution in [2.24, 2.45) is 0 Å². The molecule has 22 heavy (non-hydrogen) atoms. The summed E-state index contributed by atoms with van der Waals surface area (Å²) in [5, 5.41) is 2.49. The molecule has 0 saturated heterocycles. The zero-order valence-electron chi connectivity index (χ0n) is 12.0. The molecule has 0 aliphatic rings. The second kappa shape index (κ2) is 5.41. The van der Waals surface area contributed by atoms with E-state index in [1.54, 1.807) is 0 Å². The van der Waals surface area contributed by atoms with E-state index in [1.165, 1.54) is 33.0 Å². The van der Waals surface area contributed by atoms with Gasteiger partial charge in [-0.05, 0) is 69.4 Å². The Hall–Kier alpha value is -3.00. The first-order valence-electron chi connectivity index (χ1n) is 7.25. The Labute approximate surface area is 129 Å². The summed E-state index contributed by atoms with van der Waals surface area (Å²) in [6.07, 6.45) is 7.31. The molecule has 0 fully saturated rings. The SMILES string of the molecule is c1cc(-c2ccc3ccc(-c4ccncc4)cc3c2)ccn1. The molecule has 2 nitrogen and oxygen atoms in total. The van der Waals surface area contributed by atoms with Crippen molar-refractivity contribution in [3.05, 3.63) is 85.5 Å². The Kier molecular flexibility index (Phi) is 3.13. The Morgan fingerprint density at radius 2 is 0.864 bits per heavy atom. The third-order valence-corrected chi connectivity index (χ3v) is 3.87. The summed E-state index contributed by atoms with van der Waals surface area (Å²) >= 11 is 0. The maximum absolute atomic E-state index is 4.08. The number of nitrogens with zero attached hydrogens (tertiary/aromatic N) is 2. The van der Waals surface area contributed by atoms with Crippen LogP contribution in [0.5, 0.6) is 0 Å². The molecule has 4 rings (SSSR count). The summed E-state index contributed by atoms with van der Waals surface area (Å²) in [6, 6.07) is 21.3. The van der Waals surface area contributed by atoms with Gasteiger partial charge in [0.05, 0.1) is 0 Å². The van der Waals surface area contributed by atoms with Crippen molar-refractivity contribution in [1.82, 2.24) is 9.97 Å². The van der Waals surface area contributed by atoms with Crippen molar-refractivity contribution in [1.29, 1.82) is 0 Å². The highest BCUT2D eigenvalue weighted by Crippen LogP contribution is 2.28. The van der Waals surface area contributed by atoms with Crippen LogP contribution in [0.2, 0.25) is 0 Å². The van der Waals surface area contributed by atoms with Crippen LogP contribution in [0.4, 0.5) is 0 Å². The van der Waals surface area contributed by atoms with Crippen LogP contribution in [0.1, 0.15) is 0 Å². The molecule has 0 saturated carbocycles. The van der Waals surface area contributed by atoms with Crippen molar-refractivity contribution < 1.29 is 0 Å². The normalized spacial score (nSPS) is 10.7. The standard InChI is InChI=1S/C20H14N2/c1-3-18(16-5-9-21-10-6-16)13-20-14-19(4-2-15(1)20)17-7-11-22-12-8-17/h1-14H. The van der Waals surface area contributed by atoms with Gasteiger partial charge in [-0.3, -0.25) is 9.97 Å². The zero-order chi connectivity index (χ0) is 14.8. The van der Waals surface area contributed by atoms with Gasteiger partial charge in [0.1, 0.15) is 0 Å². The van der Waals surface area contributed by atoms with Crippen LogP contribution in [0.15, 0.2) is 85.5 Å². The minimum absolute atomic E-state index is 1.19. The molecule has 0 aliphatic heterocycles. The molecule has 0 aliphatic carbocycles. The van der Waals surface area contributed by atoms with Gasteiger partial charge in [-0.1, -0.05) is 24.3 Å². The van der Waals surface area contributed by atoms with E-state index in [1.807, 2.05) is 49.1 Å². The first-order valence-corrected chi connectivity index (χ1v) is 7.25. The van der Waals surface area contributed by atoms with Gasteiger partial charge in [-0.15, -0.1) is 0 Å². The van der Waals surface area contributed by atoms with Crippen LogP contribution in [0.25, 0.3) is 33.0 Å². The third-order valence-electron chi connectivity index (χ3n) is 3.87. The van der Waals surface area contributed by atoms with Crippen molar-refractivity contribution in [3.8, 4) is 22.3 Å². The Morgan fingerprint density at radius 1 is 0.409 bits per heavy atom. The van der Waals surface area contributed by atoms with E-state index in [4.69, 9.17) is 0 Å².